The minimum absolute atomic E-state index is 0.0231. The molecule has 0 aliphatic rings. The minimum atomic E-state index is -0.706. The Labute approximate surface area is 127 Å². The number of pyridine rings is 1. The largest absolute Gasteiger partial charge is 0.351 e. The molecule has 0 spiro atoms. The van der Waals surface area contributed by atoms with E-state index in [-0.39, 0.29) is 23.3 Å². The average Bonchev–Trinajstić information content (AvgIpc) is 2.51. The maximum atomic E-state index is 13.6. The van der Waals surface area contributed by atoms with E-state index in [0.29, 0.717) is 5.69 Å². The molecule has 0 fully saturated rings. The number of benzene rings is 1. The fraction of sp³-hybridized carbons (Fsp3) is 0.250. The molecule has 1 amide bonds. The lowest BCUT2D eigenvalue weighted by Gasteiger charge is -2.12. The highest BCUT2D eigenvalue weighted by Gasteiger charge is 2.12. The zero-order chi connectivity index (χ0) is 16.1. The predicted octanol–water partition coefficient (Wildman–Crippen LogP) is 3.63. The lowest BCUT2D eigenvalue weighted by Crippen LogP contribution is -2.32. The third-order valence-electron chi connectivity index (χ3n) is 3.21. The molecule has 0 aliphatic carbocycles. The fourth-order valence-corrected chi connectivity index (χ4v) is 1.79. The van der Waals surface area contributed by atoms with Crippen molar-refractivity contribution in [2.24, 2.45) is 0 Å². The molecule has 0 saturated heterocycles. The van der Waals surface area contributed by atoms with Crippen LogP contribution in [0.4, 0.5) is 20.2 Å². The van der Waals surface area contributed by atoms with Gasteiger partial charge in [-0.25, -0.2) is 8.78 Å². The van der Waals surface area contributed by atoms with Gasteiger partial charge in [0.15, 0.2) is 0 Å². The van der Waals surface area contributed by atoms with Crippen molar-refractivity contribution >= 4 is 17.3 Å². The van der Waals surface area contributed by atoms with Crippen molar-refractivity contribution in [1.82, 2.24) is 10.3 Å². The second-order valence-electron chi connectivity index (χ2n) is 4.93. The molecule has 1 aromatic heterocycles. The number of nitrogens with one attached hydrogen (secondary N) is 2. The van der Waals surface area contributed by atoms with Crippen LogP contribution in [0.25, 0.3) is 0 Å². The summed E-state index contributed by atoms with van der Waals surface area (Å²) in [5.41, 5.74) is 0.303. The van der Waals surface area contributed by atoms with Gasteiger partial charge in [-0.3, -0.25) is 9.78 Å². The molecule has 2 N–H and O–H groups in total. The monoisotopic (exact) mass is 305 g/mol. The number of hydrogen-bond donors (Lipinski definition) is 2. The normalized spacial score (nSPS) is 11.8. The van der Waals surface area contributed by atoms with Crippen LogP contribution in [0.1, 0.15) is 30.8 Å². The summed E-state index contributed by atoms with van der Waals surface area (Å²) in [4.78, 5) is 16.0. The van der Waals surface area contributed by atoms with Gasteiger partial charge in [-0.1, -0.05) is 13.0 Å². The third kappa shape index (κ3) is 3.78. The average molecular weight is 305 g/mol. The molecular formula is C16H17F2N3O. The van der Waals surface area contributed by atoms with Gasteiger partial charge < -0.3 is 10.6 Å². The molecule has 4 nitrogen and oxygen atoms in total. The van der Waals surface area contributed by atoms with E-state index < -0.39 is 11.6 Å². The van der Waals surface area contributed by atoms with Gasteiger partial charge >= 0.3 is 0 Å². The summed E-state index contributed by atoms with van der Waals surface area (Å²) in [6.07, 6.45) is 2.21. The number of carbonyl (C=O) groups is 1. The topological polar surface area (TPSA) is 54.0 Å². The van der Waals surface area contributed by atoms with Crippen LogP contribution in [0.3, 0.4) is 0 Å². The Morgan fingerprint density at radius 3 is 2.59 bits per heavy atom. The van der Waals surface area contributed by atoms with Crippen molar-refractivity contribution in [2.75, 3.05) is 5.32 Å². The summed E-state index contributed by atoms with van der Waals surface area (Å²) in [5.74, 6) is -1.74. The maximum absolute atomic E-state index is 13.6. The Balaban J connectivity index is 2.20. The molecule has 1 unspecified atom stereocenters. The lowest BCUT2D eigenvalue weighted by molar-refractivity contribution is 0.0934. The molecule has 0 radical (unpaired) electrons. The van der Waals surface area contributed by atoms with E-state index in [1.54, 1.807) is 0 Å². The van der Waals surface area contributed by atoms with Crippen LogP contribution in [0.5, 0.6) is 0 Å². The molecule has 2 rings (SSSR count). The summed E-state index contributed by atoms with van der Waals surface area (Å²) in [5, 5.41) is 5.42. The van der Waals surface area contributed by atoms with Crippen LogP contribution in [0, 0.1) is 11.6 Å². The van der Waals surface area contributed by atoms with Crippen LogP contribution in [0.15, 0.2) is 36.5 Å². The summed E-state index contributed by atoms with van der Waals surface area (Å²) in [6, 6.07) is 6.60. The number of amides is 1. The minimum Gasteiger partial charge on any atom is -0.351 e. The molecule has 6 heteroatoms. The first-order valence-electron chi connectivity index (χ1n) is 6.99. The molecule has 2 aromatic rings. The highest BCUT2D eigenvalue weighted by molar-refractivity contribution is 5.93. The van der Waals surface area contributed by atoms with Crippen molar-refractivity contribution in [3.63, 3.8) is 0 Å². The first kappa shape index (κ1) is 15.9. The lowest BCUT2D eigenvalue weighted by atomic mass is 10.2. The highest BCUT2D eigenvalue weighted by atomic mass is 19.1. The molecule has 0 aliphatic heterocycles. The molecule has 0 saturated carbocycles. The van der Waals surface area contributed by atoms with Gasteiger partial charge in [-0.2, -0.15) is 0 Å². The van der Waals surface area contributed by atoms with Crippen LogP contribution in [0.2, 0.25) is 0 Å². The zero-order valence-corrected chi connectivity index (χ0v) is 12.4. The van der Waals surface area contributed by atoms with Gasteiger partial charge in [-0.05, 0) is 37.6 Å². The van der Waals surface area contributed by atoms with Crippen molar-refractivity contribution in [3.8, 4) is 0 Å². The molecule has 116 valence electrons. The fourth-order valence-electron chi connectivity index (χ4n) is 1.79. The van der Waals surface area contributed by atoms with Crippen LogP contribution in [-0.2, 0) is 0 Å². The number of rotatable bonds is 5. The van der Waals surface area contributed by atoms with E-state index in [0.717, 1.165) is 18.6 Å². The number of nitrogens with zero attached hydrogens (tertiary/aromatic N) is 1. The highest BCUT2D eigenvalue weighted by Crippen LogP contribution is 2.23. The van der Waals surface area contributed by atoms with E-state index in [1.165, 1.54) is 24.4 Å². The van der Waals surface area contributed by atoms with E-state index >= 15 is 0 Å². The Hall–Kier alpha value is -2.50. The zero-order valence-electron chi connectivity index (χ0n) is 12.4. The van der Waals surface area contributed by atoms with Crippen molar-refractivity contribution in [2.45, 2.75) is 26.3 Å². The molecule has 1 aromatic carbocycles. The first-order valence-corrected chi connectivity index (χ1v) is 6.99. The summed E-state index contributed by atoms with van der Waals surface area (Å²) in [7, 11) is 0. The number of carbonyl (C=O) groups excluding carboxylic acids is 1. The molecule has 1 heterocycles. The Kier molecular flexibility index (Phi) is 5.04. The van der Waals surface area contributed by atoms with E-state index in [9.17, 15) is 13.6 Å². The van der Waals surface area contributed by atoms with Gasteiger partial charge in [0.05, 0.1) is 0 Å². The summed E-state index contributed by atoms with van der Waals surface area (Å²) >= 11 is 0. The van der Waals surface area contributed by atoms with Crippen molar-refractivity contribution in [1.29, 1.82) is 0 Å². The van der Waals surface area contributed by atoms with Crippen LogP contribution < -0.4 is 10.6 Å². The van der Waals surface area contributed by atoms with E-state index in [2.05, 4.69) is 15.6 Å². The van der Waals surface area contributed by atoms with Crippen molar-refractivity contribution in [3.05, 3.63) is 53.9 Å². The predicted molar refractivity (Wildman–Crippen MR) is 81.1 cm³/mol. The van der Waals surface area contributed by atoms with Crippen LogP contribution >= 0.6 is 0 Å². The molecule has 1 atom stereocenters. The second kappa shape index (κ2) is 6.98. The smallest absolute Gasteiger partial charge is 0.270 e. The Bertz CT molecular complexity index is 656. The quantitative estimate of drug-likeness (QED) is 0.887. The SMILES string of the molecule is CCC(C)NC(=O)c1cc(Nc2c(F)cccc2F)ccn1. The van der Waals surface area contributed by atoms with Gasteiger partial charge in [0, 0.05) is 17.9 Å². The van der Waals surface area contributed by atoms with Gasteiger partial charge in [0.25, 0.3) is 5.91 Å². The number of hydrogen-bond acceptors (Lipinski definition) is 3. The molecule has 22 heavy (non-hydrogen) atoms. The number of halogens is 2. The van der Waals surface area contributed by atoms with Gasteiger partial charge in [-0.15, -0.1) is 0 Å². The van der Waals surface area contributed by atoms with Crippen LogP contribution in [-0.4, -0.2) is 16.9 Å². The first-order chi connectivity index (χ1) is 10.5. The third-order valence-corrected chi connectivity index (χ3v) is 3.21. The van der Waals surface area contributed by atoms with E-state index in [4.69, 9.17) is 0 Å². The Morgan fingerprint density at radius 2 is 1.95 bits per heavy atom. The second-order valence-corrected chi connectivity index (χ2v) is 4.93. The summed E-state index contributed by atoms with van der Waals surface area (Å²) < 4.78 is 27.2. The number of para-hydroxylation sites is 1. The Morgan fingerprint density at radius 1 is 1.27 bits per heavy atom. The standard InChI is InChI=1S/C16H17F2N3O/c1-3-10(2)20-16(22)14-9-11(7-8-19-14)21-15-12(17)5-4-6-13(15)18/h4-10H,3H2,1-2H3,(H,19,21)(H,20,22). The number of anilines is 2. The van der Waals surface area contributed by atoms with E-state index in [1.807, 2.05) is 13.8 Å². The molecule has 0 bridgehead atoms. The number of aromatic nitrogens is 1. The van der Waals surface area contributed by atoms with Gasteiger partial charge in [0.1, 0.15) is 23.0 Å². The van der Waals surface area contributed by atoms with Crippen molar-refractivity contribution < 1.29 is 13.6 Å². The summed E-state index contributed by atoms with van der Waals surface area (Å²) in [6.45, 7) is 3.84. The maximum Gasteiger partial charge on any atom is 0.270 e. The van der Waals surface area contributed by atoms with Gasteiger partial charge in [0.2, 0.25) is 0 Å². The molecular weight excluding hydrogens is 288 g/mol.